The van der Waals surface area contributed by atoms with Crippen molar-refractivity contribution < 1.29 is 24.5 Å². The molecule has 7 nitrogen and oxygen atoms in total. The average molecular weight is 390 g/mol. The van der Waals surface area contributed by atoms with E-state index < -0.39 is 11.9 Å². The summed E-state index contributed by atoms with van der Waals surface area (Å²) in [6.07, 6.45) is 5.98. The molecule has 0 atom stereocenters. The largest absolute Gasteiger partial charge is 0.478 e. The molecule has 0 aliphatic carbocycles. The molecule has 28 heavy (non-hydrogen) atoms. The Balaban J connectivity index is 0.000000300. The van der Waals surface area contributed by atoms with Crippen molar-refractivity contribution >= 4 is 17.6 Å². The van der Waals surface area contributed by atoms with Crippen LogP contribution in [0.2, 0.25) is 0 Å². The van der Waals surface area contributed by atoms with E-state index in [0.717, 1.165) is 26.2 Å². The highest BCUT2D eigenvalue weighted by molar-refractivity contribution is 5.89. The summed E-state index contributed by atoms with van der Waals surface area (Å²) in [7, 11) is 1.79. The molecule has 1 aromatic carbocycles. The zero-order valence-corrected chi connectivity index (χ0v) is 16.7. The maximum absolute atomic E-state index is 9.55. The maximum atomic E-state index is 9.55. The fourth-order valence-corrected chi connectivity index (χ4v) is 3.89. The fraction of sp³-hybridized carbons (Fsp3) is 0.524. The van der Waals surface area contributed by atoms with Crippen LogP contribution in [0.4, 0.5) is 5.69 Å². The van der Waals surface area contributed by atoms with E-state index in [1.54, 1.807) is 23.8 Å². The van der Waals surface area contributed by atoms with E-state index in [4.69, 9.17) is 14.9 Å². The Kier molecular flexibility index (Phi) is 8.47. The van der Waals surface area contributed by atoms with Gasteiger partial charge in [-0.25, -0.2) is 9.59 Å². The van der Waals surface area contributed by atoms with Crippen LogP contribution in [0.15, 0.2) is 18.2 Å². The molecule has 0 bridgehead atoms. The Morgan fingerprint density at radius 3 is 2.46 bits per heavy atom. The second kappa shape index (κ2) is 10.8. The summed E-state index contributed by atoms with van der Waals surface area (Å²) in [5, 5.41) is 19.1. The van der Waals surface area contributed by atoms with Gasteiger partial charge in [-0.3, -0.25) is 0 Å². The predicted octanol–water partition coefficient (Wildman–Crippen LogP) is 1.79. The molecule has 0 unspecified atom stereocenters. The molecule has 0 aromatic heterocycles. The van der Waals surface area contributed by atoms with Crippen LogP contribution in [0.3, 0.4) is 0 Å². The van der Waals surface area contributed by atoms with Crippen molar-refractivity contribution in [3.8, 4) is 0 Å². The molecule has 0 spiro atoms. The number of benzene rings is 1. The molecule has 7 heteroatoms. The van der Waals surface area contributed by atoms with Gasteiger partial charge in [-0.15, -0.1) is 0 Å². The van der Waals surface area contributed by atoms with E-state index in [2.05, 4.69) is 23.2 Å². The quantitative estimate of drug-likeness (QED) is 0.659. The van der Waals surface area contributed by atoms with E-state index in [1.807, 2.05) is 0 Å². The number of ether oxygens (including phenoxy) is 1. The Bertz CT molecular complexity index is 714. The summed E-state index contributed by atoms with van der Waals surface area (Å²) >= 11 is 0. The fourth-order valence-electron chi connectivity index (χ4n) is 3.89. The number of carboxylic acid groups (broad SMARTS) is 2. The summed E-state index contributed by atoms with van der Waals surface area (Å²) in [6, 6.07) is 2.49. The van der Waals surface area contributed by atoms with Gasteiger partial charge in [-0.2, -0.15) is 0 Å². The third-order valence-electron chi connectivity index (χ3n) is 5.10. The molecule has 0 fully saturated rings. The van der Waals surface area contributed by atoms with E-state index in [0.29, 0.717) is 12.2 Å². The van der Waals surface area contributed by atoms with E-state index in [9.17, 15) is 9.59 Å². The number of carboxylic acids is 2. The first-order valence-corrected chi connectivity index (χ1v) is 9.66. The molecule has 2 heterocycles. The van der Waals surface area contributed by atoms with Crippen LogP contribution in [0.5, 0.6) is 0 Å². The molecule has 1 aromatic rings. The summed E-state index contributed by atoms with van der Waals surface area (Å²) in [4.78, 5) is 21.6. The summed E-state index contributed by atoms with van der Waals surface area (Å²) in [6.45, 7) is 7.57. The summed E-state index contributed by atoms with van der Waals surface area (Å²) < 4.78 is 5.28. The Morgan fingerprint density at radius 1 is 1.14 bits per heavy atom. The summed E-state index contributed by atoms with van der Waals surface area (Å²) in [5.41, 5.74) is 7.77. The lowest BCUT2D eigenvalue weighted by Crippen LogP contribution is -2.33. The standard InChI is InChI=1S/C17H26N2O.C4H4O4/c1-13-16-6-8-18-7-5-14(16)12-15-4-3-9-19(17(13)15)10-11-20-2;5-3(6)1-2-4(7)8/h12,18H,3-11H2,1-2H3;1-2H,(H,5,6)(H,7,8)/b;2-1+. The number of anilines is 1. The number of hydrogen-bond donors (Lipinski definition) is 3. The molecule has 0 saturated heterocycles. The number of fused-ring (bicyclic) bond motifs is 2. The SMILES string of the molecule is COCCN1CCCc2cc3c(c(C)c21)CCNCC3.O=C(O)/C=C/C(=O)O. The Labute approximate surface area is 166 Å². The molecule has 2 aliphatic heterocycles. The zero-order chi connectivity index (χ0) is 20.5. The van der Waals surface area contributed by atoms with Crippen molar-refractivity contribution in [2.45, 2.75) is 32.6 Å². The zero-order valence-electron chi connectivity index (χ0n) is 16.7. The average Bonchev–Trinajstić information content (AvgIpc) is 2.91. The van der Waals surface area contributed by atoms with Gasteiger partial charge in [-0.1, -0.05) is 6.07 Å². The molecule has 2 aliphatic rings. The Hall–Kier alpha value is -2.38. The lowest BCUT2D eigenvalue weighted by atomic mass is 9.89. The monoisotopic (exact) mass is 390 g/mol. The lowest BCUT2D eigenvalue weighted by Gasteiger charge is -2.34. The van der Waals surface area contributed by atoms with Gasteiger partial charge in [-0.05, 0) is 68.0 Å². The van der Waals surface area contributed by atoms with Crippen molar-refractivity contribution in [2.75, 3.05) is 44.8 Å². The van der Waals surface area contributed by atoms with Crippen LogP contribution >= 0.6 is 0 Å². The van der Waals surface area contributed by atoms with E-state index in [1.165, 1.54) is 43.5 Å². The van der Waals surface area contributed by atoms with Crippen molar-refractivity contribution in [1.29, 1.82) is 0 Å². The second-order valence-electron chi connectivity index (χ2n) is 6.99. The van der Waals surface area contributed by atoms with Gasteiger partial charge in [0.15, 0.2) is 0 Å². The number of aliphatic carboxylic acids is 2. The third-order valence-corrected chi connectivity index (χ3v) is 5.10. The Morgan fingerprint density at radius 2 is 1.82 bits per heavy atom. The van der Waals surface area contributed by atoms with Gasteiger partial charge in [0.1, 0.15) is 0 Å². The molecule has 0 radical (unpaired) electrons. The summed E-state index contributed by atoms with van der Waals surface area (Å²) in [5.74, 6) is -2.51. The van der Waals surface area contributed by atoms with Crippen molar-refractivity contribution in [1.82, 2.24) is 5.32 Å². The number of aryl methyl sites for hydroxylation is 1. The van der Waals surface area contributed by atoms with Crippen LogP contribution in [0.1, 0.15) is 28.7 Å². The topological polar surface area (TPSA) is 99.1 Å². The molecule has 3 rings (SSSR count). The highest BCUT2D eigenvalue weighted by atomic mass is 16.5. The van der Waals surface area contributed by atoms with Crippen LogP contribution in [0.25, 0.3) is 0 Å². The van der Waals surface area contributed by atoms with Crippen LogP contribution in [-0.4, -0.2) is 62.0 Å². The van der Waals surface area contributed by atoms with Crippen molar-refractivity contribution in [3.63, 3.8) is 0 Å². The van der Waals surface area contributed by atoms with E-state index >= 15 is 0 Å². The first-order valence-electron chi connectivity index (χ1n) is 9.66. The highest BCUT2D eigenvalue weighted by Gasteiger charge is 2.23. The minimum Gasteiger partial charge on any atom is -0.478 e. The number of carbonyl (C=O) groups is 2. The second-order valence-corrected chi connectivity index (χ2v) is 6.99. The third kappa shape index (κ3) is 6.07. The molecular weight excluding hydrogens is 360 g/mol. The van der Waals surface area contributed by atoms with Crippen LogP contribution in [0, 0.1) is 6.92 Å². The predicted molar refractivity (Wildman–Crippen MR) is 108 cm³/mol. The molecule has 0 saturated carbocycles. The molecule has 154 valence electrons. The van der Waals surface area contributed by atoms with Gasteiger partial charge >= 0.3 is 11.9 Å². The number of rotatable bonds is 5. The maximum Gasteiger partial charge on any atom is 0.328 e. The first-order chi connectivity index (χ1) is 13.4. The molecular formula is C21H30N2O5. The van der Waals surface area contributed by atoms with Gasteiger partial charge < -0.3 is 25.2 Å². The minimum atomic E-state index is -1.26. The van der Waals surface area contributed by atoms with Crippen molar-refractivity contribution in [2.24, 2.45) is 0 Å². The number of methoxy groups -OCH3 is 1. The van der Waals surface area contributed by atoms with Gasteiger partial charge in [0.2, 0.25) is 0 Å². The first kappa shape index (κ1) is 21.9. The van der Waals surface area contributed by atoms with Crippen molar-refractivity contribution in [3.05, 3.63) is 40.5 Å². The van der Waals surface area contributed by atoms with Gasteiger partial charge in [0, 0.05) is 38.0 Å². The van der Waals surface area contributed by atoms with Gasteiger partial charge in [0.25, 0.3) is 0 Å². The van der Waals surface area contributed by atoms with Gasteiger partial charge in [0.05, 0.1) is 6.61 Å². The normalized spacial score (nSPS) is 15.9. The number of hydrogen-bond acceptors (Lipinski definition) is 5. The molecule has 0 amide bonds. The number of nitrogens with one attached hydrogen (secondary N) is 1. The minimum absolute atomic E-state index is 0.558. The molecule has 3 N–H and O–H groups in total. The van der Waals surface area contributed by atoms with Crippen LogP contribution in [-0.2, 0) is 33.6 Å². The van der Waals surface area contributed by atoms with Crippen LogP contribution < -0.4 is 10.2 Å². The smallest absolute Gasteiger partial charge is 0.328 e. The number of nitrogens with zero attached hydrogens (tertiary/aromatic N) is 1. The van der Waals surface area contributed by atoms with E-state index in [-0.39, 0.29) is 0 Å². The lowest BCUT2D eigenvalue weighted by molar-refractivity contribution is -0.134. The highest BCUT2D eigenvalue weighted by Crippen LogP contribution is 2.35.